The highest BCUT2D eigenvalue weighted by Gasteiger charge is 2.18. The molecule has 0 aliphatic carbocycles. The van der Waals surface area contributed by atoms with Crippen LogP contribution in [0.4, 0.5) is 11.6 Å². The highest BCUT2D eigenvalue weighted by atomic mass is 79.9. The van der Waals surface area contributed by atoms with Crippen LogP contribution in [0.2, 0.25) is 0 Å². The number of nitrogen functional groups attached to an aromatic ring is 1. The van der Waals surface area contributed by atoms with Crippen molar-refractivity contribution >= 4 is 27.6 Å². The van der Waals surface area contributed by atoms with E-state index in [9.17, 15) is 0 Å². The van der Waals surface area contributed by atoms with Crippen LogP contribution in [0, 0.1) is 5.41 Å². The molecule has 0 unspecified atom stereocenters. The van der Waals surface area contributed by atoms with Gasteiger partial charge in [0, 0.05) is 20.3 Å². The molecule has 0 aliphatic rings. The number of methoxy groups -OCH3 is 1. The highest BCUT2D eigenvalue weighted by molar-refractivity contribution is 9.10. The molecule has 102 valence electrons. The van der Waals surface area contributed by atoms with E-state index in [1.54, 1.807) is 7.11 Å². The fraction of sp³-hybridized carbons (Fsp3) is 0.636. The first-order chi connectivity index (χ1) is 8.50. The van der Waals surface area contributed by atoms with E-state index in [2.05, 4.69) is 50.5 Å². The van der Waals surface area contributed by atoms with Gasteiger partial charge in [0.25, 0.3) is 0 Å². The van der Waals surface area contributed by atoms with E-state index in [1.165, 1.54) is 6.33 Å². The number of hydrogen-bond donors (Lipinski definition) is 3. The molecule has 1 aromatic heterocycles. The Kier molecular flexibility index (Phi) is 5.77. The van der Waals surface area contributed by atoms with Crippen LogP contribution in [-0.2, 0) is 4.74 Å². The summed E-state index contributed by atoms with van der Waals surface area (Å²) in [5, 5.41) is 3.29. The van der Waals surface area contributed by atoms with E-state index in [-0.39, 0.29) is 5.41 Å². The third kappa shape index (κ3) is 4.40. The van der Waals surface area contributed by atoms with E-state index in [0.29, 0.717) is 5.82 Å². The molecular weight excluding hydrogens is 298 g/mol. The second-order valence-electron chi connectivity index (χ2n) is 4.79. The molecule has 0 aromatic carbocycles. The lowest BCUT2D eigenvalue weighted by Gasteiger charge is -2.25. The quantitative estimate of drug-likeness (QED) is 0.527. The van der Waals surface area contributed by atoms with E-state index in [4.69, 9.17) is 10.6 Å². The van der Waals surface area contributed by atoms with Gasteiger partial charge < -0.3 is 15.5 Å². The first kappa shape index (κ1) is 15.1. The Balaban J connectivity index is 2.63. The lowest BCUT2D eigenvalue weighted by atomic mass is 9.90. The first-order valence-corrected chi connectivity index (χ1v) is 6.49. The maximum atomic E-state index is 5.35. The zero-order valence-electron chi connectivity index (χ0n) is 11.0. The van der Waals surface area contributed by atoms with Gasteiger partial charge in [0.1, 0.15) is 16.6 Å². The maximum absolute atomic E-state index is 5.35. The van der Waals surface area contributed by atoms with Crippen molar-refractivity contribution in [3.63, 3.8) is 0 Å². The molecule has 0 amide bonds. The molecule has 18 heavy (non-hydrogen) atoms. The lowest BCUT2D eigenvalue weighted by Crippen LogP contribution is -2.25. The van der Waals surface area contributed by atoms with Gasteiger partial charge in [0.05, 0.1) is 0 Å². The fourth-order valence-corrected chi connectivity index (χ4v) is 1.84. The number of anilines is 2. The molecule has 0 aliphatic heterocycles. The number of nitrogens with zero attached hydrogens (tertiary/aromatic N) is 2. The minimum atomic E-state index is 0.122. The third-order valence-corrected chi connectivity index (χ3v) is 3.39. The van der Waals surface area contributed by atoms with Crippen LogP contribution < -0.4 is 16.6 Å². The van der Waals surface area contributed by atoms with E-state index >= 15 is 0 Å². The molecule has 0 spiro atoms. The minimum absolute atomic E-state index is 0.122. The van der Waals surface area contributed by atoms with Crippen LogP contribution in [0.1, 0.15) is 20.3 Å². The van der Waals surface area contributed by atoms with Crippen molar-refractivity contribution in [2.24, 2.45) is 11.3 Å². The topological polar surface area (TPSA) is 85.1 Å². The minimum Gasteiger partial charge on any atom is -0.385 e. The number of nitrogens with one attached hydrogen (secondary N) is 2. The molecule has 0 fully saturated rings. The van der Waals surface area contributed by atoms with Crippen LogP contribution in [0.5, 0.6) is 0 Å². The van der Waals surface area contributed by atoms with Gasteiger partial charge in [-0.3, -0.25) is 0 Å². The van der Waals surface area contributed by atoms with Crippen molar-refractivity contribution in [2.75, 3.05) is 31.0 Å². The van der Waals surface area contributed by atoms with Crippen LogP contribution in [0.3, 0.4) is 0 Å². The van der Waals surface area contributed by atoms with Crippen molar-refractivity contribution in [1.82, 2.24) is 9.97 Å². The average Bonchev–Trinajstić information content (AvgIpc) is 2.35. The summed E-state index contributed by atoms with van der Waals surface area (Å²) in [5.74, 6) is 6.64. The average molecular weight is 318 g/mol. The van der Waals surface area contributed by atoms with Gasteiger partial charge in [-0.2, -0.15) is 0 Å². The van der Waals surface area contributed by atoms with E-state index in [1.807, 2.05) is 0 Å². The zero-order chi connectivity index (χ0) is 13.6. The van der Waals surface area contributed by atoms with Gasteiger partial charge in [0.2, 0.25) is 0 Å². The van der Waals surface area contributed by atoms with Crippen molar-refractivity contribution in [2.45, 2.75) is 20.3 Å². The van der Waals surface area contributed by atoms with Crippen LogP contribution >= 0.6 is 15.9 Å². The second-order valence-corrected chi connectivity index (χ2v) is 5.58. The molecular formula is C11H20BrN5O. The summed E-state index contributed by atoms with van der Waals surface area (Å²) in [6, 6.07) is 0. The Morgan fingerprint density at radius 1 is 1.39 bits per heavy atom. The summed E-state index contributed by atoms with van der Waals surface area (Å²) < 4.78 is 5.83. The van der Waals surface area contributed by atoms with Crippen LogP contribution in [0.25, 0.3) is 0 Å². The molecule has 6 nitrogen and oxygen atoms in total. The predicted molar refractivity (Wildman–Crippen MR) is 76.3 cm³/mol. The number of rotatable bonds is 7. The number of nitrogens with two attached hydrogens (primary N) is 1. The summed E-state index contributed by atoms with van der Waals surface area (Å²) in [4.78, 5) is 8.17. The largest absolute Gasteiger partial charge is 0.385 e. The predicted octanol–water partition coefficient (Wildman–Crippen LogP) is 2.00. The molecule has 0 saturated heterocycles. The SMILES string of the molecule is COCCC(C)(C)CNc1ncnc(NN)c1Br. The summed E-state index contributed by atoms with van der Waals surface area (Å²) in [6.45, 7) is 5.89. The number of ether oxygens (including phenoxy) is 1. The molecule has 0 radical (unpaired) electrons. The molecule has 0 bridgehead atoms. The molecule has 1 aromatic rings. The monoisotopic (exact) mass is 317 g/mol. The standard InChI is InChI=1S/C11H20BrN5O/c1-11(2,4-5-18-3)6-14-9-8(12)10(17-13)16-7-15-9/h7H,4-6,13H2,1-3H3,(H2,14,15,16,17). The Morgan fingerprint density at radius 2 is 2.06 bits per heavy atom. The first-order valence-electron chi connectivity index (χ1n) is 5.70. The van der Waals surface area contributed by atoms with Crippen LogP contribution in [-0.4, -0.2) is 30.2 Å². The summed E-state index contributed by atoms with van der Waals surface area (Å²) in [6.07, 6.45) is 2.44. The second kappa shape index (κ2) is 6.86. The van der Waals surface area contributed by atoms with Crippen molar-refractivity contribution in [1.29, 1.82) is 0 Å². The lowest BCUT2D eigenvalue weighted by molar-refractivity contribution is 0.157. The molecule has 1 rings (SSSR count). The number of halogens is 1. The van der Waals surface area contributed by atoms with Crippen LogP contribution in [0.15, 0.2) is 10.8 Å². The van der Waals surface area contributed by atoms with Crippen molar-refractivity contribution in [3.8, 4) is 0 Å². The maximum Gasteiger partial charge on any atom is 0.159 e. The fourth-order valence-electron chi connectivity index (χ4n) is 1.38. The number of hydrazine groups is 1. The zero-order valence-corrected chi connectivity index (χ0v) is 12.5. The van der Waals surface area contributed by atoms with Crippen molar-refractivity contribution in [3.05, 3.63) is 10.8 Å². The van der Waals surface area contributed by atoms with E-state index in [0.717, 1.165) is 29.9 Å². The molecule has 7 heteroatoms. The summed E-state index contributed by atoms with van der Waals surface area (Å²) in [7, 11) is 1.71. The molecule has 0 atom stereocenters. The Morgan fingerprint density at radius 3 is 2.67 bits per heavy atom. The third-order valence-electron chi connectivity index (χ3n) is 2.64. The Labute approximate surface area is 116 Å². The van der Waals surface area contributed by atoms with Gasteiger partial charge in [-0.05, 0) is 27.8 Å². The van der Waals surface area contributed by atoms with Gasteiger partial charge >= 0.3 is 0 Å². The van der Waals surface area contributed by atoms with Gasteiger partial charge in [-0.15, -0.1) is 0 Å². The molecule has 0 saturated carbocycles. The van der Waals surface area contributed by atoms with E-state index < -0.39 is 0 Å². The normalized spacial score (nSPS) is 11.4. The molecule has 4 N–H and O–H groups in total. The molecule has 1 heterocycles. The highest BCUT2D eigenvalue weighted by Crippen LogP contribution is 2.27. The van der Waals surface area contributed by atoms with Crippen molar-refractivity contribution < 1.29 is 4.74 Å². The Bertz CT molecular complexity index is 386. The van der Waals surface area contributed by atoms with Gasteiger partial charge in [0.15, 0.2) is 5.82 Å². The summed E-state index contributed by atoms with van der Waals surface area (Å²) in [5.41, 5.74) is 2.63. The number of hydrogen-bond acceptors (Lipinski definition) is 6. The number of aromatic nitrogens is 2. The smallest absolute Gasteiger partial charge is 0.159 e. The Hall–Kier alpha value is -0.920. The van der Waals surface area contributed by atoms with Gasteiger partial charge in [-0.25, -0.2) is 15.8 Å². The van der Waals surface area contributed by atoms with Gasteiger partial charge in [-0.1, -0.05) is 13.8 Å². The summed E-state index contributed by atoms with van der Waals surface area (Å²) >= 11 is 3.41.